The lowest BCUT2D eigenvalue weighted by atomic mass is 9.80. The van der Waals surface area contributed by atoms with Crippen LogP contribution >= 0.6 is 0 Å². The number of benzene rings is 2. The van der Waals surface area contributed by atoms with E-state index in [0.717, 1.165) is 17.7 Å². The first kappa shape index (κ1) is 24.4. The van der Waals surface area contributed by atoms with Crippen molar-refractivity contribution in [3.63, 3.8) is 0 Å². The van der Waals surface area contributed by atoms with Crippen molar-refractivity contribution < 1.29 is 14.3 Å². The number of amides is 2. The zero-order chi connectivity index (χ0) is 23.2. The highest BCUT2D eigenvalue weighted by Gasteiger charge is 2.23. The molecule has 5 nitrogen and oxygen atoms in total. The lowest BCUT2D eigenvalue weighted by Crippen LogP contribution is -2.22. The molecule has 31 heavy (non-hydrogen) atoms. The summed E-state index contributed by atoms with van der Waals surface area (Å²) < 4.78 is 5.90. The van der Waals surface area contributed by atoms with Crippen LogP contribution in [0.5, 0.6) is 5.75 Å². The van der Waals surface area contributed by atoms with Crippen molar-refractivity contribution in [1.82, 2.24) is 0 Å². The third kappa shape index (κ3) is 7.42. The molecule has 0 aliphatic carbocycles. The molecule has 0 heterocycles. The van der Waals surface area contributed by atoms with Gasteiger partial charge in [0.15, 0.2) is 6.61 Å². The van der Waals surface area contributed by atoms with E-state index >= 15 is 0 Å². The molecule has 2 aromatic rings. The largest absolute Gasteiger partial charge is 0.483 e. The molecule has 0 atom stereocenters. The molecular formula is C26H36N2O3. The molecule has 0 aromatic heterocycles. The summed E-state index contributed by atoms with van der Waals surface area (Å²) in [5, 5.41) is 5.66. The number of hydrogen-bond acceptors (Lipinski definition) is 3. The molecule has 168 valence electrons. The van der Waals surface area contributed by atoms with Gasteiger partial charge >= 0.3 is 0 Å². The molecule has 0 radical (unpaired) electrons. The summed E-state index contributed by atoms with van der Waals surface area (Å²) >= 11 is 0. The monoisotopic (exact) mass is 424 g/mol. The van der Waals surface area contributed by atoms with Crippen LogP contribution in [-0.4, -0.2) is 18.4 Å². The van der Waals surface area contributed by atoms with Gasteiger partial charge in [0.05, 0.1) is 0 Å². The van der Waals surface area contributed by atoms with Crippen molar-refractivity contribution in [3.05, 3.63) is 53.6 Å². The van der Waals surface area contributed by atoms with Crippen LogP contribution in [0.15, 0.2) is 42.5 Å². The normalized spacial score (nSPS) is 11.7. The predicted molar refractivity (Wildman–Crippen MR) is 128 cm³/mol. The Morgan fingerprint density at radius 1 is 0.806 bits per heavy atom. The summed E-state index contributed by atoms with van der Waals surface area (Å²) in [4.78, 5) is 24.1. The molecule has 2 rings (SSSR count). The highest BCUT2D eigenvalue weighted by Crippen LogP contribution is 2.35. The Hall–Kier alpha value is -2.82. The van der Waals surface area contributed by atoms with E-state index < -0.39 is 0 Å². The van der Waals surface area contributed by atoms with Gasteiger partial charge in [0, 0.05) is 17.8 Å². The van der Waals surface area contributed by atoms with Gasteiger partial charge in [0.2, 0.25) is 5.91 Å². The second-order valence-corrected chi connectivity index (χ2v) is 9.92. The molecule has 2 aromatic carbocycles. The van der Waals surface area contributed by atoms with Gasteiger partial charge in [-0.3, -0.25) is 9.59 Å². The summed E-state index contributed by atoms with van der Waals surface area (Å²) in [7, 11) is 0. The Morgan fingerprint density at radius 3 is 1.84 bits per heavy atom. The van der Waals surface area contributed by atoms with Crippen molar-refractivity contribution in [2.24, 2.45) is 0 Å². The quantitative estimate of drug-likeness (QED) is 0.569. The first-order chi connectivity index (χ1) is 14.4. The van der Waals surface area contributed by atoms with Gasteiger partial charge in [-0.25, -0.2) is 0 Å². The fourth-order valence-corrected chi connectivity index (χ4v) is 3.14. The summed E-state index contributed by atoms with van der Waals surface area (Å²) in [6.45, 7) is 14.9. The van der Waals surface area contributed by atoms with Gasteiger partial charge in [0.1, 0.15) is 5.75 Å². The van der Waals surface area contributed by atoms with Gasteiger partial charge in [0.25, 0.3) is 5.91 Å². The molecule has 2 N–H and O–H groups in total. The third-order valence-electron chi connectivity index (χ3n) is 4.94. The van der Waals surface area contributed by atoms with Crippen molar-refractivity contribution in [2.45, 2.75) is 72.1 Å². The minimum absolute atomic E-state index is 0.0141. The van der Waals surface area contributed by atoms with Crippen molar-refractivity contribution in [2.75, 3.05) is 17.2 Å². The molecule has 5 heteroatoms. The number of rotatable bonds is 7. The van der Waals surface area contributed by atoms with E-state index in [4.69, 9.17) is 4.74 Å². The van der Waals surface area contributed by atoms with Gasteiger partial charge in [-0.2, -0.15) is 0 Å². The van der Waals surface area contributed by atoms with Gasteiger partial charge in [-0.1, -0.05) is 60.6 Å². The van der Waals surface area contributed by atoms with Gasteiger partial charge in [-0.05, 0) is 58.7 Å². The molecular weight excluding hydrogens is 388 g/mol. The maximum atomic E-state index is 12.4. The van der Waals surface area contributed by atoms with E-state index in [-0.39, 0.29) is 29.3 Å². The van der Waals surface area contributed by atoms with E-state index in [9.17, 15) is 9.59 Å². The zero-order valence-electron chi connectivity index (χ0n) is 19.9. The first-order valence-corrected chi connectivity index (χ1v) is 10.9. The Labute approximate surface area is 186 Å². The Morgan fingerprint density at radius 2 is 1.35 bits per heavy atom. The standard InChI is InChI=1S/C26H36N2O3/c1-8-9-23(29)27-19-11-13-20(14-12-19)28-24(30)17-31-22-15-10-18(25(2,3)4)16-21(22)26(5,6)7/h10-16H,8-9,17H2,1-7H3,(H,27,29)(H,28,30). The number of carbonyl (C=O) groups excluding carboxylic acids is 2. The molecule has 0 spiro atoms. The molecule has 0 saturated carbocycles. The van der Waals surface area contributed by atoms with Crippen LogP contribution in [0, 0.1) is 0 Å². The maximum absolute atomic E-state index is 12.4. The number of anilines is 2. The van der Waals surface area contributed by atoms with E-state index in [1.165, 1.54) is 5.56 Å². The Bertz CT molecular complexity index is 904. The lowest BCUT2D eigenvalue weighted by Gasteiger charge is -2.27. The van der Waals surface area contributed by atoms with Crippen LogP contribution in [0.3, 0.4) is 0 Å². The summed E-state index contributed by atoms with van der Waals surface area (Å²) in [5.41, 5.74) is 3.62. The smallest absolute Gasteiger partial charge is 0.262 e. The lowest BCUT2D eigenvalue weighted by molar-refractivity contribution is -0.118. The zero-order valence-corrected chi connectivity index (χ0v) is 19.9. The second-order valence-electron chi connectivity index (χ2n) is 9.92. The number of nitrogens with one attached hydrogen (secondary N) is 2. The van der Waals surface area contributed by atoms with Gasteiger partial charge in [-0.15, -0.1) is 0 Å². The average molecular weight is 425 g/mol. The van der Waals surface area contributed by atoms with E-state index in [0.29, 0.717) is 17.8 Å². The van der Waals surface area contributed by atoms with E-state index in [1.807, 2.05) is 13.0 Å². The summed E-state index contributed by atoms with van der Waals surface area (Å²) in [6, 6.07) is 13.3. The van der Waals surface area contributed by atoms with Crippen molar-refractivity contribution >= 4 is 23.2 Å². The van der Waals surface area contributed by atoms with Crippen LogP contribution in [-0.2, 0) is 20.4 Å². The summed E-state index contributed by atoms with van der Waals surface area (Å²) in [5.74, 6) is 0.479. The predicted octanol–water partition coefficient (Wildman–Crippen LogP) is 6.04. The Balaban J connectivity index is 2.02. The minimum Gasteiger partial charge on any atom is -0.483 e. The van der Waals surface area contributed by atoms with Crippen LogP contribution in [0.2, 0.25) is 0 Å². The molecule has 0 fully saturated rings. The van der Waals surface area contributed by atoms with Crippen LogP contribution in [0.1, 0.15) is 72.4 Å². The molecule has 0 bridgehead atoms. The average Bonchev–Trinajstić information content (AvgIpc) is 2.66. The molecule has 0 unspecified atom stereocenters. The van der Waals surface area contributed by atoms with Crippen LogP contribution < -0.4 is 15.4 Å². The van der Waals surface area contributed by atoms with Crippen molar-refractivity contribution in [3.8, 4) is 5.75 Å². The first-order valence-electron chi connectivity index (χ1n) is 10.9. The fourth-order valence-electron chi connectivity index (χ4n) is 3.14. The van der Waals surface area contributed by atoms with Crippen LogP contribution in [0.25, 0.3) is 0 Å². The van der Waals surface area contributed by atoms with Gasteiger partial charge < -0.3 is 15.4 Å². The topological polar surface area (TPSA) is 67.4 Å². The third-order valence-corrected chi connectivity index (χ3v) is 4.94. The van der Waals surface area contributed by atoms with Crippen molar-refractivity contribution in [1.29, 1.82) is 0 Å². The molecule has 0 aliphatic rings. The highest BCUT2D eigenvalue weighted by molar-refractivity contribution is 5.93. The summed E-state index contributed by atoms with van der Waals surface area (Å²) in [6.07, 6.45) is 1.29. The molecule has 0 aliphatic heterocycles. The maximum Gasteiger partial charge on any atom is 0.262 e. The molecule has 2 amide bonds. The molecule has 0 saturated heterocycles. The number of carbonyl (C=O) groups is 2. The van der Waals surface area contributed by atoms with E-state index in [1.54, 1.807) is 24.3 Å². The minimum atomic E-state index is -0.234. The SMILES string of the molecule is CCCC(=O)Nc1ccc(NC(=O)COc2ccc(C(C)(C)C)cc2C(C)(C)C)cc1. The Kier molecular flexibility index (Phi) is 7.88. The van der Waals surface area contributed by atoms with E-state index in [2.05, 4.69) is 64.3 Å². The fraction of sp³-hybridized carbons (Fsp3) is 0.462. The highest BCUT2D eigenvalue weighted by atomic mass is 16.5. The second kappa shape index (κ2) is 9.99. The number of ether oxygens (including phenoxy) is 1. The number of hydrogen-bond donors (Lipinski definition) is 2. The van der Waals surface area contributed by atoms with Crippen LogP contribution in [0.4, 0.5) is 11.4 Å².